The highest BCUT2D eigenvalue weighted by Crippen LogP contribution is 2.37. The van der Waals surface area contributed by atoms with Crippen LogP contribution in [0.25, 0.3) is 0 Å². The lowest BCUT2D eigenvalue weighted by atomic mass is 10.5. The van der Waals surface area contributed by atoms with Crippen LogP contribution in [-0.2, 0) is 32.7 Å². The van der Waals surface area contributed by atoms with Gasteiger partial charge in [0, 0.05) is 0 Å². The van der Waals surface area contributed by atoms with E-state index >= 15 is 0 Å². The van der Waals surface area contributed by atoms with Gasteiger partial charge >= 0.3 is 6.72 Å². The molecule has 0 rings (SSSR count). The minimum Gasteiger partial charge on any atom is -0.780 e. The van der Waals surface area contributed by atoms with Crippen LogP contribution >= 0.6 is 13.4 Å². The highest BCUT2D eigenvalue weighted by molar-refractivity contribution is 8.06. The summed E-state index contributed by atoms with van der Waals surface area (Å²) in [6.07, 6.45) is -0.487. The van der Waals surface area contributed by atoms with Crippen molar-refractivity contribution >= 4 is 37.1 Å². The minimum absolute atomic E-state index is 0.212. The first-order valence-corrected chi connectivity index (χ1v) is 9.51. The molecule has 0 heterocycles. The molecule has 10 heteroatoms. The molecule has 0 aromatic carbocycles. The van der Waals surface area contributed by atoms with Crippen molar-refractivity contribution < 1.29 is 28.6 Å². The van der Waals surface area contributed by atoms with Crippen LogP contribution in [0.1, 0.15) is 27.7 Å². The topological polar surface area (TPSA) is 102 Å². The second-order valence-electron chi connectivity index (χ2n) is 3.27. The van der Waals surface area contributed by atoms with Gasteiger partial charge in [0.25, 0.3) is 0 Å². The smallest absolute Gasteiger partial charge is 0.322 e. The van der Waals surface area contributed by atoms with E-state index in [9.17, 15) is 4.89 Å². The van der Waals surface area contributed by atoms with Gasteiger partial charge in [-0.1, -0.05) is 11.8 Å². The SMILES string of the molecule is CC(C)OP(O)(O)=S.CC(C)OP([O-])(O)=S. The third-order valence-electron chi connectivity index (χ3n) is 0.692. The first-order valence-electron chi connectivity index (χ1n) is 4.29. The first kappa shape index (κ1) is 19.4. The van der Waals surface area contributed by atoms with Crippen LogP contribution in [0.3, 0.4) is 0 Å². The molecule has 0 radical (unpaired) electrons. The molecule has 1 atom stereocenters. The molecule has 0 aromatic rings. The summed E-state index contributed by atoms with van der Waals surface area (Å²) in [6, 6.07) is 0. The molecule has 0 saturated carbocycles. The molecule has 0 amide bonds. The van der Waals surface area contributed by atoms with Gasteiger partial charge in [0.15, 0.2) is 0 Å². The Hall–Kier alpha value is 1.06. The summed E-state index contributed by atoms with van der Waals surface area (Å²) >= 11 is 8.21. The van der Waals surface area contributed by atoms with Gasteiger partial charge in [0.1, 0.15) is 6.72 Å². The van der Waals surface area contributed by atoms with Gasteiger partial charge in [-0.3, -0.25) is 0 Å². The Bertz CT molecular complexity index is 242. The molecule has 1 unspecified atom stereocenters. The van der Waals surface area contributed by atoms with Crippen molar-refractivity contribution in [3.63, 3.8) is 0 Å². The summed E-state index contributed by atoms with van der Waals surface area (Å²) in [5.74, 6) is 0. The zero-order valence-corrected chi connectivity index (χ0v) is 12.9. The Labute approximate surface area is 106 Å². The summed E-state index contributed by atoms with van der Waals surface area (Å²) in [5.41, 5.74) is 0. The number of hydrogen-bond acceptors (Lipinski definition) is 5. The van der Waals surface area contributed by atoms with Crippen LogP contribution in [0.15, 0.2) is 0 Å². The molecular formula is C6H17O6P2S2-. The summed E-state index contributed by atoms with van der Waals surface area (Å²) in [4.78, 5) is 35.4. The summed E-state index contributed by atoms with van der Waals surface area (Å²) < 4.78 is 8.84. The van der Waals surface area contributed by atoms with Gasteiger partial charge in [-0.2, -0.15) is 0 Å². The largest absolute Gasteiger partial charge is 0.780 e. The predicted molar refractivity (Wildman–Crippen MR) is 67.7 cm³/mol. The summed E-state index contributed by atoms with van der Waals surface area (Å²) in [5, 5.41) is 0. The molecule has 0 bridgehead atoms. The van der Waals surface area contributed by atoms with Crippen LogP contribution < -0.4 is 4.89 Å². The van der Waals surface area contributed by atoms with Crippen molar-refractivity contribution in [3.8, 4) is 0 Å². The number of hydrogen-bond donors (Lipinski definition) is 3. The fourth-order valence-corrected chi connectivity index (χ4v) is 2.66. The predicted octanol–water partition coefficient (Wildman–Crippen LogP) is 0.609. The zero-order chi connectivity index (χ0) is 13.6. The van der Waals surface area contributed by atoms with Gasteiger partial charge < -0.3 is 28.6 Å². The summed E-state index contributed by atoms with van der Waals surface area (Å²) in [6.45, 7) is -0.355. The Kier molecular flexibility index (Phi) is 9.96. The molecule has 16 heavy (non-hydrogen) atoms. The van der Waals surface area contributed by atoms with E-state index in [-0.39, 0.29) is 12.2 Å². The normalized spacial score (nSPS) is 15.6. The van der Waals surface area contributed by atoms with Gasteiger partial charge in [-0.05, 0) is 39.5 Å². The highest BCUT2D eigenvalue weighted by atomic mass is 32.5. The van der Waals surface area contributed by atoms with Gasteiger partial charge in [-0.15, -0.1) is 0 Å². The number of rotatable bonds is 4. The average Bonchev–Trinajstić information content (AvgIpc) is 1.72. The third-order valence-corrected chi connectivity index (χ3v) is 2.59. The van der Waals surface area contributed by atoms with Crippen molar-refractivity contribution in [3.05, 3.63) is 0 Å². The van der Waals surface area contributed by atoms with Gasteiger partial charge in [0.2, 0.25) is 0 Å². The highest BCUT2D eigenvalue weighted by Gasteiger charge is 2.08. The maximum atomic E-state index is 10.2. The van der Waals surface area contributed by atoms with Crippen molar-refractivity contribution in [2.45, 2.75) is 39.9 Å². The van der Waals surface area contributed by atoms with Crippen molar-refractivity contribution in [1.82, 2.24) is 0 Å². The minimum atomic E-state index is -3.64. The summed E-state index contributed by atoms with van der Waals surface area (Å²) in [7, 11) is 0. The van der Waals surface area contributed by atoms with E-state index < -0.39 is 13.4 Å². The average molecular weight is 311 g/mol. The fourth-order valence-electron chi connectivity index (χ4n) is 0.541. The second-order valence-corrected chi connectivity index (χ2v) is 8.42. The quantitative estimate of drug-likeness (QED) is 0.649. The van der Waals surface area contributed by atoms with Crippen LogP contribution in [-0.4, -0.2) is 26.9 Å². The molecule has 0 fully saturated rings. The lowest BCUT2D eigenvalue weighted by Crippen LogP contribution is -2.08. The van der Waals surface area contributed by atoms with Gasteiger partial charge in [-0.25, -0.2) is 0 Å². The first-order chi connectivity index (χ1) is 6.83. The third kappa shape index (κ3) is 24.3. The Morgan fingerprint density at radius 2 is 1.25 bits per heavy atom. The van der Waals surface area contributed by atoms with Crippen molar-refractivity contribution in [2.75, 3.05) is 0 Å². The molecule has 3 N–H and O–H groups in total. The molecule has 0 aliphatic rings. The standard InChI is InChI=1S/2C3H9O3PS/c2*1-3(2)6-7(4,5)8/h2*3H,1-2H3,(H2,4,5,8)/p-1. The van der Waals surface area contributed by atoms with E-state index in [0.717, 1.165) is 0 Å². The van der Waals surface area contributed by atoms with E-state index in [2.05, 4.69) is 32.7 Å². The van der Waals surface area contributed by atoms with Crippen LogP contribution in [0.5, 0.6) is 0 Å². The molecule has 0 aliphatic heterocycles. The molecule has 0 spiro atoms. The zero-order valence-electron chi connectivity index (χ0n) is 9.43. The fraction of sp³-hybridized carbons (Fsp3) is 1.00. The van der Waals surface area contributed by atoms with Crippen LogP contribution in [0.4, 0.5) is 0 Å². The Morgan fingerprint density at radius 1 is 0.938 bits per heavy atom. The van der Waals surface area contributed by atoms with E-state index in [4.69, 9.17) is 14.7 Å². The Balaban J connectivity index is 0. The molecule has 6 nitrogen and oxygen atoms in total. The molecule has 0 aromatic heterocycles. The monoisotopic (exact) mass is 311 g/mol. The molecular weight excluding hydrogens is 294 g/mol. The molecule has 100 valence electrons. The van der Waals surface area contributed by atoms with E-state index in [1.54, 1.807) is 27.7 Å². The lowest BCUT2D eigenvalue weighted by molar-refractivity contribution is -0.204. The van der Waals surface area contributed by atoms with E-state index in [1.807, 2.05) is 0 Å². The van der Waals surface area contributed by atoms with E-state index in [1.165, 1.54) is 0 Å². The Morgan fingerprint density at radius 3 is 1.25 bits per heavy atom. The van der Waals surface area contributed by atoms with Crippen LogP contribution in [0, 0.1) is 0 Å². The van der Waals surface area contributed by atoms with Gasteiger partial charge in [0.05, 0.1) is 12.2 Å². The maximum absolute atomic E-state index is 10.2. The van der Waals surface area contributed by atoms with E-state index in [0.29, 0.717) is 0 Å². The lowest BCUT2D eigenvalue weighted by Gasteiger charge is -2.22. The molecule has 0 aliphatic carbocycles. The van der Waals surface area contributed by atoms with Crippen molar-refractivity contribution in [2.24, 2.45) is 0 Å². The molecule has 0 saturated heterocycles. The maximum Gasteiger partial charge on any atom is 0.322 e. The van der Waals surface area contributed by atoms with Crippen molar-refractivity contribution in [1.29, 1.82) is 0 Å². The second kappa shape index (κ2) is 8.21. The van der Waals surface area contributed by atoms with Crippen LogP contribution in [0.2, 0.25) is 0 Å².